The molecule has 2 nitrogen and oxygen atoms in total. The molecule has 2 N–H and O–H groups in total. The van der Waals surface area contributed by atoms with Crippen molar-refractivity contribution in [3.05, 3.63) is 21.9 Å². The molecule has 0 saturated heterocycles. The normalized spacial score (nSPS) is 13.0. The van der Waals surface area contributed by atoms with Gasteiger partial charge >= 0.3 is 0 Å². The predicted molar refractivity (Wildman–Crippen MR) is 42.3 cm³/mol. The lowest BCUT2D eigenvalue weighted by Crippen LogP contribution is -2.01. The lowest BCUT2D eigenvalue weighted by molar-refractivity contribution is 0.112. The Bertz CT molecular complexity index is 229. The van der Waals surface area contributed by atoms with E-state index in [-0.39, 0.29) is 6.04 Å². The smallest absolute Gasteiger partial charge is 0.160 e. The van der Waals surface area contributed by atoms with Crippen LogP contribution in [0, 0.1) is 0 Å². The van der Waals surface area contributed by atoms with E-state index in [9.17, 15) is 4.79 Å². The molecule has 3 heteroatoms. The first-order valence-electron chi connectivity index (χ1n) is 3.04. The Morgan fingerprint density at radius 3 is 2.70 bits per heavy atom. The van der Waals surface area contributed by atoms with E-state index in [4.69, 9.17) is 5.73 Å². The van der Waals surface area contributed by atoms with Gasteiger partial charge in [-0.1, -0.05) is 0 Å². The van der Waals surface area contributed by atoms with Crippen molar-refractivity contribution in [3.63, 3.8) is 0 Å². The van der Waals surface area contributed by atoms with Crippen LogP contribution in [0.3, 0.4) is 0 Å². The third-order valence-corrected chi connectivity index (χ3v) is 2.42. The van der Waals surface area contributed by atoms with E-state index in [0.717, 1.165) is 16.0 Å². The zero-order valence-electron chi connectivity index (χ0n) is 5.70. The van der Waals surface area contributed by atoms with Gasteiger partial charge in [-0.3, -0.25) is 4.79 Å². The monoisotopic (exact) mass is 155 g/mol. The molecule has 0 aromatic carbocycles. The van der Waals surface area contributed by atoms with Crippen LogP contribution in [0.1, 0.15) is 27.5 Å². The van der Waals surface area contributed by atoms with Gasteiger partial charge in [0, 0.05) is 10.9 Å². The zero-order chi connectivity index (χ0) is 7.56. The highest BCUT2D eigenvalue weighted by Crippen LogP contribution is 2.19. The molecule has 0 amide bonds. The Labute approximate surface area is 63.7 Å². The van der Waals surface area contributed by atoms with Crippen LogP contribution in [0.4, 0.5) is 0 Å². The van der Waals surface area contributed by atoms with Crippen LogP contribution >= 0.6 is 11.3 Å². The zero-order valence-corrected chi connectivity index (χ0v) is 6.52. The summed E-state index contributed by atoms with van der Waals surface area (Å²) in [6, 6.07) is 3.72. The van der Waals surface area contributed by atoms with Crippen LogP contribution in [0.15, 0.2) is 12.1 Å². The highest BCUT2D eigenvalue weighted by Gasteiger charge is 2.01. The first-order chi connectivity index (χ1) is 4.74. The van der Waals surface area contributed by atoms with Crippen molar-refractivity contribution in [1.29, 1.82) is 0 Å². The van der Waals surface area contributed by atoms with Gasteiger partial charge < -0.3 is 5.73 Å². The molecule has 1 aromatic rings. The molecule has 0 bridgehead atoms. The van der Waals surface area contributed by atoms with E-state index in [0.29, 0.717) is 0 Å². The lowest BCUT2D eigenvalue weighted by Gasteiger charge is -1.96. The summed E-state index contributed by atoms with van der Waals surface area (Å²) in [6.07, 6.45) is 0.844. The maximum Gasteiger partial charge on any atom is 0.160 e. The Morgan fingerprint density at radius 2 is 2.40 bits per heavy atom. The molecule has 0 aliphatic heterocycles. The van der Waals surface area contributed by atoms with Gasteiger partial charge in [0.05, 0.1) is 4.88 Å². The fourth-order valence-corrected chi connectivity index (χ4v) is 1.45. The minimum absolute atomic E-state index is 0.0405. The SMILES string of the molecule is CC(N)c1ccc(C=O)s1. The Hall–Kier alpha value is -0.670. The molecule has 0 aliphatic rings. The maximum absolute atomic E-state index is 10.2. The van der Waals surface area contributed by atoms with Crippen LogP contribution in [-0.4, -0.2) is 6.29 Å². The minimum Gasteiger partial charge on any atom is -0.324 e. The second-order valence-electron chi connectivity index (χ2n) is 2.15. The van der Waals surface area contributed by atoms with Gasteiger partial charge in [-0.15, -0.1) is 11.3 Å². The number of thiophene rings is 1. The number of rotatable bonds is 2. The molecule has 1 heterocycles. The molecule has 1 rings (SSSR count). The average molecular weight is 155 g/mol. The fourth-order valence-electron chi connectivity index (χ4n) is 0.676. The van der Waals surface area contributed by atoms with Crippen LogP contribution in [0.25, 0.3) is 0 Å². The number of hydrogen-bond donors (Lipinski definition) is 1. The van der Waals surface area contributed by atoms with Crippen molar-refractivity contribution in [2.45, 2.75) is 13.0 Å². The van der Waals surface area contributed by atoms with Crippen LogP contribution in [0.2, 0.25) is 0 Å². The summed E-state index contributed by atoms with van der Waals surface area (Å²) < 4.78 is 0. The molecule has 0 aliphatic carbocycles. The Morgan fingerprint density at radius 1 is 1.70 bits per heavy atom. The van der Waals surface area contributed by atoms with Gasteiger partial charge in [0.1, 0.15) is 0 Å². The molecule has 1 aromatic heterocycles. The summed E-state index contributed by atoms with van der Waals surface area (Å²) in [6.45, 7) is 1.90. The number of carbonyl (C=O) groups excluding carboxylic acids is 1. The van der Waals surface area contributed by atoms with Crippen LogP contribution in [-0.2, 0) is 0 Å². The molecule has 0 fully saturated rings. The summed E-state index contributed by atoms with van der Waals surface area (Å²) in [5, 5.41) is 0. The average Bonchev–Trinajstić information content (AvgIpc) is 2.34. The van der Waals surface area contributed by atoms with Gasteiger partial charge in [-0.25, -0.2) is 0 Å². The van der Waals surface area contributed by atoms with Crippen molar-refractivity contribution in [1.82, 2.24) is 0 Å². The third-order valence-electron chi connectivity index (χ3n) is 1.21. The summed E-state index contributed by atoms with van der Waals surface area (Å²) in [7, 11) is 0. The highest BCUT2D eigenvalue weighted by molar-refractivity contribution is 7.13. The van der Waals surface area contributed by atoms with Crippen molar-refractivity contribution in [2.24, 2.45) is 5.73 Å². The van der Waals surface area contributed by atoms with Gasteiger partial charge in [0.15, 0.2) is 6.29 Å². The van der Waals surface area contributed by atoms with E-state index >= 15 is 0 Å². The van der Waals surface area contributed by atoms with E-state index in [1.807, 2.05) is 13.0 Å². The standard InChI is InChI=1S/C7H9NOS/c1-5(8)7-3-2-6(4-9)10-7/h2-5H,8H2,1H3. The number of hydrogen-bond acceptors (Lipinski definition) is 3. The second kappa shape index (κ2) is 2.94. The fraction of sp³-hybridized carbons (Fsp3) is 0.286. The maximum atomic E-state index is 10.2. The quantitative estimate of drug-likeness (QED) is 0.659. The van der Waals surface area contributed by atoms with Crippen molar-refractivity contribution in [3.8, 4) is 0 Å². The Balaban J connectivity index is 2.88. The Kier molecular flexibility index (Phi) is 2.19. The van der Waals surface area contributed by atoms with Crippen molar-refractivity contribution < 1.29 is 4.79 Å². The molecule has 10 heavy (non-hydrogen) atoms. The van der Waals surface area contributed by atoms with E-state index in [2.05, 4.69) is 0 Å². The van der Waals surface area contributed by atoms with Crippen molar-refractivity contribution >= 4 is 17.6 Å². The molecular formula is C7H9NOS. The summed E-state index contributed by atoms with van der Waals surface area (Å²) in [5.41, 5.74) is 5.58. The topological polar surface area (TPSA) is 43.1 Å². The van der Waals surface area contributed by atoms with Gasteiger partial charge in [-0.2, -0.15) is 0 Å². The lowest BCUT2D eigenvalue weighted by atomic mass is 10.3. The van der Waals surface area contributed by atoms with Crippen molar-refractivity contribution in [2.75, 3.05) is 0 Å². The van der Waals surface area contributed by atoms with Crippen LogP contribution < -0.4 is 5.73 Å². The summed E-state index contributed by atoms with van der Waals surface area (Å²) in [4.78, 5) is 12.0. The van der Waals surface area contributed by atoms with E-state index in [1.54, 1.807) is 6.07 Å². The molecule has 1 unspecified atom stereocenters. The van der Waals surface area contributed by atoms with Crippen LogP contribution in [0.5, 0.6) is 0 Å². The van der Waals surface area contributed by atoms with Gasteiger partial charge in [0.2, 0.25) is 0 Å². The molecule has 0 saturated carbocycles. The molecular weight excluding hydrogens is 146 g/mol. The van der Waals surface area contributed by atoms with E-state index in [1.165, 1.54) is 11.3 Å². The largest absolute Gasteiger partial charge is 0.324 e. The minimum atomic E-state index is 0.0405. The molecule has 54 valence electrons. The number of carbonyl (C=O) groups is 1. The highest BCUT2D eigenvalue weighted by atomic mass is 32.1. The van der Waals surface area contributed by atoms with Gasteiger partial charge in [0.25, 0.3) is 0 Å². The summed E-state index contributed by atoms with van der Waals surface area (Å²) >= 11 is 1.45. The number of aldehydes is 1. The first-order valence-corrected chi connectivity index (χ1v) is 3.86. The molecule has 1 atom stereocenters. The summed E-state index contributed by atoms with van der Waals surface area (Å²) in [5.74, 6) is 0. The van der Waals surface area contributed by atoms with Gasteiger partial charge in [-0.05, 0) is 19.1 Å². The second-order valence-corrected chi connectivity index (χ2v) is 3.29. The van der Waals surface area contributed by atoms with E-state index < -0.39 is 0 Å². The first kappa shape index (κ1) is 7.44. The molecule has 0 spiro atoms. The molecule has 0 radical (unpaired) electrons. The predicted octanol–water partition coefficient (Wildman–Crippen LogP) is 1.58. The third kappa shape index (κ3) is 1.43. The number of nitrogens with two attached hydrogens (primary N) is 1.